The van der Waals surface area contributed by atoms with Gasteiger partial charge in [0.15, 0.2) is 11.5 Å². The van der Waals surface area contributed by atoms with Crippen LogP contribution in [0.25, 0.3) is 11.0 Å². The molecule has 5 rings (SSSR count). The number of nitrogens with zero attached hydrogens (tertiary/aromatic N) is 4. The first-order valence-corrected chi connectivity index (χ1v) is 13.6. The van der Waals surface area contributed by atoms with Crippen LogP contribution in [0.4, 0.5) is 5.69 Å². The lowest BCUT2D eigenvalue weighted by atomic mass is 10.0. The average Bonchev–Trinajstić information content (AvgIpc) is 3.66. The molecule has 41 heavy (non-hydrogen) atoms. The number of hydrogen-bond donors (Lipinski definition) is 2. The standard InChI is InChI=1S/C30H33N5O6/c1-3-40-27-16-20(13-14-26(27)36)29(30(38)31-18-23-10-7-15-41-23)35(21-8-6-9-22(17-21)39-2)28(37)19-34-25-12-5-4-11-24(25)32-33-34/h4-6,8-9,11-14,16-17,23,29,36H,3,7,10,15,18-19H2,1-2H3,(H,31,38)/t23-,29+/m1/s1. The highest BCUT2D eigenvalue weighted by molar-refractivity contribution is 6.01. The molecule has 2 heterocycles. The van der Waals surface area contributed by atoms with Gasteiger partial charge in [0.2, 0.25) is 11.8 Å². The largest absolute Gasteiger partial charge is 0.504 e. The van der Waals surface area contributed by atoms with Gasteiger partial charge in [-0.2, -0.15) is 0 Å². The molecule has 214 valence electrons. The van der Waals surface area contributed by atoms with Crippen LogP contribution < -0.4 is 19.7 Å². The van der Waals surface area contributed by atoms with E-state index in [4.69, 9.17) is 14.2 Å². The molecule has 2 N–H and O–H groups in total. The van der Waals surface area contributed by atoms with Crippen molar-refractivity contribution in [1.82, 2.24) is 20.3 Å². The third-order valence-electron chi connectivity index (χ3n) is 6.94. The lowest BCUT2D eigenvalue weighted by Crippen LogP contribution is -2.46. The summed E-state index contributed by atoms with van der Waals surface area (Å²) < 4.78 is 18.3. The fourth-order valence-corrected chi connectivity index (χ4v) is 4.94. The SMILES string of the molecule is CCOc1cc([C@@H](C(=O)NC[C@H]2CCCO2)N(C(=O)Cn2nnc3ccccc32)c2cccc(OC)c2)ccc1O. The number of para-hydroxylation sites is 1. The van der Waals surface area contributed by atoms with E-state index in [-0.39, 0.29) is 24.1 Å². The topological polar surface area (TPSA) is 128 Å². The Bertz CT molecular complexity index is 1520. The van der Waals surface area contributed by atoms with Crippen molar-refractivity contribution >= 4 is 28.5 Å². The van der Waals surface area contributed by atoms with Gasteiger partial charge in [-0.15, -0.1) is 5.10 Å². The van der Waals surface area contributed by atoms with Gasteiger partial charge in [0.25, 0.3) is 0 Å². The van der Waals surface area contributed by atoms with Crippen LogP contribution in [0.3, 0.4) is 0 Å². The molecule has 2 amide bonds. The third-order valence-corrected chi connectivity index (χ3v) is 6.94. The lowest BCUT2D eigenvalue weighted by molar-refractivity contribution is -0.127. The second-order valence-electron chi connectivity index (χ2n) is 9.64. The molecule has 11 heteroatoms. The fourth-order valence-electron chi connectivity index (χ4n) is 4.94. The van der Waals surface area contributed by atoms with Gasteiger partial charge >= 0.3 is 0 Å². The number of hydrogen-bond acceptors (Lipinski definition) is 8. The number of nitrogens with one attached hydrogen (secondary N) is 1. The van der Waals surface area contributed by atoms with Gasteiger partial charge in [-0.3, -0.25) is 14.5 Å². The molecule has 11 nitrogen and oxygen atoms in total. The zero-order valence-electron chi connectivity index (χ0n) is 23.0. The Balaban J connectivity index is 1.58. The Kier molecular flexibility index (Phi) is 8.64. The first kappa shape index (κ1) is 27.9. The third kappa shape index (κ3) is 6.25. The van der Waals surface area contributed by atoms with Crippen LogP contribution in [0.2, 0.25) is 0 Å². The lowest BCUT2D eigenvalue weighted by Gasteiger charge is -2.32. The van der Waals surface area contributed by atoms with Gasteiger partial charge in [0.05, 0.1) is 25.3 Å². The average molecular weight is 560 g/mol. The van der Waals surface area contributed by atoms with E-state index in [9.17, 15) is 14.7 Å². The van der Waals surface area contributed by atoms with Crippen LogP contribution in [0.1, 0.15) is 31.4 Å². The Labute approximate surface area is 237 Å². The molecular weight excluding hydrogens is 526 g/mol. The number of anilines is 1. The van der Waals surface area contributed by atoms with Crippen molar-refractivity contribution in [2.75, 3.05) is 31.8 Å². The number of aromatic hydroxyl groups is 1. The van der Waals surface area contributed by atoms with Gasteiger partial charge < -0.3 is 24.6 Å². The van der Waals surface area contributed by atoms with E-state index in [0.29, 0.717) is 47.8 Å². The number of amides is 2. The van der Waals surface area contributed by atoms with E-state index >= 15 is 0 Å². The molecule has 1 aliphatic heterocycles. The molecule has 2 atom stereocenters. The van der Waals surface area contributed by atoms with E-state index in [2.05, 4.69) is 15.6 Å². The monoisotopic (exact) mass is 559 g/mol. The number of methoxy groups -OCH3 is 1. The Morgan fingerprint density at radius 2 is 2.02 bits per heavy atom. The summed E-state index contributed by atoms with van der Waals surface area (Å²) in [5.41, 5.74) is 2.24. The van der Waals surface area contributed by atoms with Gasteiger partial charge in [-0.05, 0) is 61.7 Å². The van der Waals surface area contributed by atoms with E-state index in [1.807, 2.05) is 24.3 Å². The molecule has 3 aromatic carbocycles. The highest BCUT2D eigenvalue weighted by atomic mass is 16.5. The molecular formula is C30H33N5O6. The first-order valence-electron chi connectivity index (χ1n) is 13.6. The predicted octanol–water partition coefficient (Wildman–Crippen LogP) is 3.61. The molecule has 0 unspecified atom stereocenters. The maximum atomic E-state index is 14.2. The highest BCUT2D eigenvalue weighted by Gasteiger charge is 2.34. The van der Waals surface area contributed by atoms with E-state index in [1.54, 1.807) is 43.3 Å². The minimum atomic E-state index is -1.12. The Morgan fingerprint density at radius 1 is 1.17 bits per heavy atom. The van der Waals surface area contributed by atoms with Crippen molar-refractivity contribution in [3.63, 3.8) is 0 Å². The molecule has 0 saturated carbocycles. The molecule has 4 aromatic rings. The van der Waals surface area contributed by atoms with E-state index in [0.717, 1.165) is 12.8 Å². The summed E-state index contributed by atoms with van der Waals surface area (Å²) in [4.78, 5) is 29.7. The van der Waals surface area contributed by atoms with Gasteiger partial charge in [0.1, 0.15) is 23.9 Å². The summed E-state index contributed by atoms with van der Waals surface area (Å²) in [6.45, 7) is 2.89. The second kappa shape index (κ2) is 12.7. The van der Waals surface area contributed by atoms with E-state index < -0.39 is 17.9 Å². The minimum Gasteiger partial charge on any atom is -0.504 e. The van der Waals surface area contributed by atoms with Crippen molar-refractivity contribution in [3.05, 3.63) is 72.3 Å². The van der Waals surface area contributed by atoms with Crippen molar-refractivity contribution in [1.29, 1.82) is 0 Å². The predicted molar refractivity (Wildman–Crippen MR) is 152 cm³/mol. The van der Waals surface area contributed by atoms with Gasteiger partial charge in [-0.1, -0.05) is 29.5 Å². The number of phenols is 1. The van der Waals surface area contributed by atoms with Gasteiger partial charge in [-0.25, -0.2) is 4.68 Å². The first-order chi connectivity index (χ1) is 20.0. The smallest absolute Gasteiger partial charge is 0.249 e. The molecule has 0 bridgehead atoms. The van der Waals surface area contributed by atoms with Crippen molar-refractivity contribution in [2.24, 2.45) is 0 Å². The number of carbonyl (C=O) groups is 2. The molecule has 0 spiro atoms. The maximum absolute atomic E-state index is 14.2. The van der Waals surface area contributed by atoms with Crippen LogP contribution in [-0.4, -0.2) is 64.9 Å². The minimum absolute atomic E-state index is 0.0672. The number of benzene rings is 3. The second-order valence-corrected chi connectivity index (χ2v) is 9.64. The van der Waals surface area contributed by atoms with Crippen LogP contribution >= 0.6 is 0 Å². The summed E-state index contributed by atoms with van der Waals surface area (Å²) in [6.07, 6.45) is 1.68. The molecule has 0 aliphatic carbocycles. The number of ether oxygens (including phenoxy) is 3. The Hall–Kier alpha value is -4.64. The summed E-state index contributed by atoms with van der Waals surface area (Å²) in [6, 6.07) is 17.8. The van der Waals surface area contributed by atoms with Crippen LogP contribution in [0.5, 0.6) is 17.2 Å². The number of rotatable bonds is 11. The Morgan fingerprint density at radius 3 is 2.80 bits per heavy atom. The van der Waals surface area contributed by atoms with Crippen molar-refractivity contribution in [2.45, 2.75) is 38.5 Å². The molecule has 0 radical (unpaired) electrons. The van der Waals surface area contributed by atoms with Crippen LogP contribution in [-0.2, 0) is 20.9 Å². The van der Waals surface area contributed by atoms with E-state index in [1.165, 1.54) is 22.8 Å². The fraction of sp³-hybridized carbons (Fsp3) is 0.333. The summed E-state index contributed by atoms with van der Waals surface area (Å²) >= 11 is 0. The normalized spacial score (nSPS) is 15.4. The molecule has 1 saturated heterocycles. The van der Waals surface area contributed by atoms with Crippen molar-refractivity contribution < 1.29 is 28.9 Å². The highest BCUT2D eigenvalue weighted by Crippen LogP contribution is 2.35. The summed E-state index contributed by atoms with van der Waals surface area (Å²) in [5.74, 6) is -0.152. The summed E-state index contributed by atoms with van der Waals surface area (Å²) in [5, 5.41) is 21.7. The number of fused-ring (bicyclic) bond motifs is 1. The van der Waals surface area contributed by atoms with Gasteiger partial charge in [0, 0.05) is 24.9 Å². The number of carbonyl (C=O) groups excluding carboxylic acids is 2. The molecule has 1 aliphatic rings. The maximum Gasteiger partial charge on any atom is 0.249 e. The number of phenolic OH excluding ortho intramolecular Hbond substituents is 1. The molecule has 1 fully saturated rings. The molecule has 1 aromatic heterocycles. The summed E-state index contributed by atoms with van der Waals surface area (Å²) in [7, 11) is 1.53. The quantitative estimate of drug-likeness (QED) is 0.285. The zero-order valence-corrected chi connectivity index (χ0v) is 23.0. The van der Waals surface area contributed by atoms with Crippen LogP contribution in [0.15, 0.2) is 66.7 Å². The van der Waals surface area contributed by atoms with Crippen LogP contribution in [0, 0.1) is 0 Å². The number of aromatic nitrogens is 3. The van der Waals surface area contributed by atoms with Crippen molar-refractivity contribution in [3.8, 4) is 17.2 Å². The zero-order chi connectivity index (χ0) is 28.8.